The molecule has 11 heavy (non-hydrogen) atoms. The molecule has 2 nitrogen and oxygen atoms in total. The van der Waals surface area contributed by atoms with Gasteiger partial charge in [-0.3, -0.25) is 4.79 Å². The third-order valence-corrected chi connectivity index (χ3v) is 2.03. The maximum Gasteiger partial charge on any atom is 0.309 e. The zero-order valence-electron chi connectivity index (χ0n) is 6.71. The highest BCUT2D eigenvalue weighted by Crippen LogP contribution is 2.25. The summed E-state index contributed by atoms with van der Waals surface area (Å²) in [7, 11) is 0. The van der Waals surface area contributed by atoms with Crippen molar-refractivity contribution in [3.05, 3.63) is 12.7 Å². The SMILES string of the molecule is C=CCOC(=O)C1CCCC1. The van der Waals surface area contributed by atoms with Gasteiger partial charge in [0, 0.05) is 0 Å². The van der Waals surface area contributed by atoms with Gasteiger partial charge in [0.25, 0.3) is 0 Å². The fourth-order valence-electron chi connectivity index (χ4n) is 1.42. The second kappa shape index (κ2) is 4.16. The van der Waals surface area contributed by atoms with Crippen molar-refractivity contribution >= 4 is 5.97 Å². The van der Waals surface area contributed by atoms with Crippen LogP contribution in [0.1, 0.15) is 25.7 Å². The van der Waals surface area contributed by atoms with Gasteiger partial charge in [-0.15, -0.1) is 0 Å². The maximum absolute atomic E-state index is 11.1. The smallest absolute Gasteiger partial charge is 0.309 e. The molecular weight excluding hydrogens is 140 g/mol. The van der Waals surface area contributed by atoms with E-state index in [-0.39, 0.29) is 11.9 Å². The summed E-state index contributed by atoms with van der Waals surface area (Å²) in [6.45, 7) is 3.84. The van der Waals surface area contributed by atoms with Gasteiger partial charge in [-0.05, 0) is 12.8 Å². The lowest BCUT2D eigenvalue weighted by Gasteiger charge is -2.06. The molecule has 0 unspecified atom stereocenters. The van der Waals surface area contributed by atoms with E-state index in [0.717, 1.165) is 12.8 Å². The molecule has 1 aliphatic carbocycles. The molecule has 0 bridgehead atoms. The largest absolute Gasteiger partial charge is 0.461 e. The summed E-state index contributed by atoms with van der Waals surface area (Å²) in [6.07, 6.45) is 5.97. The highest BCUT2D eigenvalue weighted by Gasteiger charge is 2.23. The lowest BCUT2D eigenvalue weighted by atomic mass is 10.1. The molecule has 2 heteroatoms. The van der Waals surface area contributed by atoms with Crippen LogP contribution in [0, 0.1) is 5.92 Å². The number of rotatable bonds is 3. The topological polar surface area (TPSA) is 26.3 Å². The van der Waals surface area contributed by atoms with Crippen LogP contribution in [0.4, 0.5) is 0 Å². The Morgan fingerprint density at radius 1 is 1.55 bits per heavy atom. The maximum atomic E-state index is 11.1. The molecule has 62 valence electrons. The van der Waals surface area contributed by atoms with E-state index in [4.69, 9.17) is 4.74 Å². The van der Waals surface area contributed by atoms with Crippen molar-refractivity contribution in [3.8, 4) is 0 Å². The number of ether oxygens (including phenoxy) is 1. The average Bonchev–Trinajstić information content (AvgIpc) is 2.52. The number of hydrogen-bond acceptors (Lipinski definition) is 2. The summed E-state index contributed by atoms with van der Waals surface area (Å²) >= 11 is 0. The highest BCUT2D eigenvalue weighted by atomic mass is 16.5. The van der Waals surface area contributed by atoms with Crippen molar-refractivity contribution in [2.24, 2.45) is 5.92 Å². The minimum atomic E-state index is -0.0394. The Morgan fingerprint density at radius 2 is 2.18 bits per heavy atom. The van der Waals surface area contributed by atoms with Gasteiger partial charge in [-0.2, -0.15) is 0 Å². The first-order chi connectivity index (χ1) is 5.34. The fraction of sp³-hybridized carbons (Fsp3) is 0.667. The molecule has 1 saturated carbocycles. The Hall–Kier alpha value is -0.790. The second-order valence-corrected chi connectivity index (χ2v) is 2.90. The Labute approximate surface area is 67.2 Å². The van der Waals surface area contributed by atoms with E-state index in [2.05, 4.69) is 6.58 Å². The molecule has 0 aliphatic heterocycles. The first-order valence-electron chi connectivity index (χ1n) is 4.12. The van der Waals surface area contributed by atoms with Crippen LogP contribution in [-0.4, -0.2) is 12.6 Å². The zero-order valence-corrected chi connectivity index (χ0v) is 6.71. The van der Waals surface area contributed by atoms with E-state index in [0.29, 0.717) is 6.61 Å². The van der Waals surface area contributed by atoms with E-state index in [9.17, 15) is 4.79 Å². The van der Waals surface area contributed by atoms with E-state index in [1.54, 1.807) is 6.08 Å². The number of hydrogen-bond donors (Lipinski definition) is 0. The van der Waals surface area contributed by atoms with Gasteiger partial charge in [0.05, 0.1) is 5.92 Å². The van der Waals surface area contributed by atoms with Crippen LogP contribution >= 0.6 is 0 Å². The van der Waals surface area contributed by atoms with Crippen molar-refractivity contribution in [3.63, 3.8) is 0 Å². The van der Waals surface area contributed by atoms with Gasteiger partial charge in [0.2, 0.25) is 0 Å². The molecule has 0 radical (unpaired) electrons. The summed E-state index contributed by atoms with van der Waals surface area (Å²) in [4.78, 5) is 11.1. The molecule has 0 aromatic rings. The molecule has 0 heterocycles. The van der Waals surface area contributed by atoms with Gasteiger partial charge in [-0.1, -0.05) is 25.5 Å². The summed E-state index contributed by atoms with van der Waals surface area (Å²) in [5.41, 5.74) is 0. The third-order valence-electron chi connectivity index (χ3n) is 2.03. The van der Waals surface area contributed by atoms with Crippen molar-refractivity contribution in [1.29, 1.82) is 0 Å². The van der Waals surface area contributed by atoms with E-state index >= 15 is 0 Å². The summed E-state index contributed by atoms with van der Waals surface area (Å²) in [6, 6.07) is 0. The van der Waals surface area contributed by atoms with Crippen LogP contribution in [0.3, 0.4) is 0 Å². The minimum Gasteiger partial charge on any atom is -0.461 e. The van der Waals surface area contributed by atoms with E-state index < -0.39 is 0 Å². The Bertz CT molecular complexity index is 146. The summed E-state index contributed by atoms with van der Waals surface area (Å²) < 4.78 is 4.92. The molecule has 0 N–H and O–H groups in total. The second-order valence-electron chi connectivity index (χ2n) is 2.90. The van der Waals surface area contributed by atoms with Crippen LogP contribution in [0.15, 0.2) is 12.7 Å². The Morgan fingerprint density at radius 3 is 2.73 bits per heavy atom. The van der Waals surface area contributed by atoms with Crippen LogP contribution in [-0.2, 0) is 9.53 Å². The van der Waals surface area contributed by atoms with E-state index in [1.165, 1.54) is 12.8 Å². The standard InChI is InChI=1S/C9H14O2/c1-2-7-11-9(10)8-5-3-4-6-8/h2,8H,1,3-7H2. The van der Waals surface area contributed by atoms with Crippen molar-refractivity contribution in [2.75, 3.05) is 6.61 Å². The molecule has 0 aromatic heterocycles. The van der Waals surface area contributed by atoms with Gasteiger partial charge >= 0.3 is 5.97 Å². The fourth-order valence-corrected chi connectivity index (χ4v) is 1.42. The number of carbonyl (C=O) groups excluding carboxylic acids is 1. The number of esters is 1. The molecule has 0 aromatic carbocycles. The highest BCUT2D eigenvalue weighted by molar-refractivity contribution is 5.72. The monoisotopic (exact) mass is 154 g/mol. The van der Waals surface area contributed by atoms with Crippen LogP contribution in [0.2, 0.25) is 0 Å². The molecule has 0 saturated heterocycles. The van der Waals surface area contributed by atoms with Crippen molar-refractivity contribution in [2.45, 2.75) is 25.7 Å². The van der Waals surface area contributed by atoms with Gasteiger partial charge in [0.1, 0.15) is 6.61 Å². The number of carbonyl (C=O) groups is 1. The zero-order chi connectivity index (χ0) is 8.10. The molecule has 0 amide bonds. The van der Waals surface area contributed by atoms with Crippen molar-refractivity contribution < 1.29 is 9.53 Å². The van der Waals surface area contributed by atoms with Gasteiger partial charge in [0.15, 0.2) is 0 Å². The summed E-state index contributed by atoms with van der Waals surface area (Å²) in [5.74, 6) is 0.136. The van der Waals surface area contributed by atoms with Crippen LogP contribution in [0.5, 0.6) is 0 Å². The van der Waals surface area contributed by atoms with Gasteiger partial charge in [-0.25, -0.2) is 0 Å². The van der Waals surface area contributed by atoms with Gasteiger partial charge < -0.3 is 4.74 Å². The molecule has 0 atom stereocenters. The van der Waals surface area contributed by atoms with Crippen LogP contribution < -0.4 is 0 Å². The Kier molecular flexibility index (Phi) is 3.14. The first-order valence-corrected chi connectivity index (χ1v) is 4.12. The van der Waals surface area contributed by atoms with Crippen LogP contribution in [0.25, 0.3) is 0 Å². The van der Waals surface area contributed by atoms with E-state index in [1.807, 2.05) is 0 Å². The third kappa shape index (κ3) is 2.37. The lowest BCUT2D eigenvalue weighted by molar-refractivity contribution is -0.147. The Balaban J connectivity index is 2.22. The predicted molar refractivity (Wildman–Crippen MR) is 43.1 cm³/mol. The molecule has 0 spiro atoms. The predicted octanol–water partition coefficient (Wildman–Crippen LogP) is 1.91. The average molecular weight is 154 g/mol. The summed E-state index contributed by atoms with van der Waals surface area (Å²) in [5, 5.41) is 0. The normalized spacial score (nSPS) is 18.2. The quantitative estimate of drug-likeness (QED) is 0.458. The lowest BCUT2D eigenvalue weighted by Crippen LogP contribution is -2.14. The molecule has 1 rings (SSSR count). The first kappa shape index (κ1) is 8.31. The molecule has 1 fully saturated rings. The minimum absolute atomic E-state index is 0.0394. The molecule has 1 aliphatic rings. The molecular formula is C9H14O2. The van der Waals surface area contributed by atoms with Crippen molar-refractivity contribution in [1.82, 2.24) is 0 Å².